The number of ether oxygens (including phenoxy) is 1. The van der Waals surface area contributed by atoms with Crippen molar-refractivity contribution in [2.45, 2.75) is 13.0 Å². The molecule has 0 spiro atoms. The summed E-state index contributed by atoms with van der Waals surface area (Å²) in [5, 5.41) is 11.7. The largest absolute Gasteiger partial charge is 0.496 e. The first-order valence-corrected chi connectivity index (χ1v) is 10.0. The maximum atomic E-state index is 12.5. The van der Waals surface area contributed by atoms with Crippen LogP contribution in [-0.4, -0.2) is 61.4 Å². The zero-order valence-corrected chi connectivity index (χ0v) is 17.1. The van der Waals surface area contributed by atoms with Crippen LogP contribution in [0.5, 0.6) is 5.75 Å². The summed E-state index contributed by atoms with van der Waals surface area (Å²) in [6, 6.07) is 16.7. The van der Waals surface area contributed by atoms with Crippen molar-refractivity contribution >= 4 is 11.8 Å². The number of nitrogens with zero attached hydrogens (tertiary/aromatic N) is 3. The quantitative estimate of drug-likeness (QED) is 0.760. The number of nitriles is 1. The van der Waals surface area contributed by atoms with Gasteiger partial charge in [0, 0.05) is 45.7 Å². The van der Waals surface area contributed by atoms with Crippen molar-refractivity contribution in [1.29, 1.82) is 5.26 Å². The Morgan fingerprint density at radius 1 is 1.07 bits per heavy atom. The molecule has 0 aromatic heterocycles. The van der Waals surface area contributed by atoms with Crippen LogP contribution in [0, 0.1) is 11.3 Å². The molecule has 1 aliphatic heterocycles. The fourth-order valence-electron chi connectivity index (χ4n) is 3.47. The van der Waals surface area contributed by atoms with Crippen LogP contribution in [0.1, 0.15) is 27.9 Å². The van der Waals surface area contributed by atoms with Gasteiger partial charge in [0.25, 0.3) is 5.91 Å². The van der Waals surface area contributed by atoms with E-state index in [1.165, 1.54) is 7.11 Å². The van der Waals surface area contributed by atoms with Crippen molar-refractivity contribution in [2.75, 3.05) is 39.8 Å². The van der Waals surface area contributed by atoms with E-state index in [-0.39, 0.29) is 18.2 Å². The summed E-state index contributed by atoms with van der Waals surface area (Å²) in [7, 11) is 1.52. The Labute approximate surface area is 176 Å². The summed E-state index contributed by atoms with van der Waals surface area (Å²) in [4.78, 5) is 28.9. The fraction of sp³-hybridized carbons (Fsp3) is 0.348. The van der Waals surface area contributed by atoms with E-state index in [1.54, 1.807) is 24.3 Å². The maximum absolute atomic E-state index is 12.5. The van der Waals surface area contributed by atoms with Crippen molar-refractivity contribution in [3.63, 3.8) is 0 Å². The number of methoxy groups -OCH3 is 1. The number of piperazine rings is 1. The number of hydrogen-bond acceptors (Lipinski definition) is 5. The summed E-state index contributed by atoms with van der Waals surface area (Å²) in [6.45, 7) is 4.06. The minimum absolute atomic E-state index is 0.0494. The van der Waals surface area contributed by atoms with Crippen LogP contribution in [0.2, 0.25) is 0 Å². The van der Waals surface area contributed by atoms with Crippen molar-refractivity contribution in [3.05, 3.63) is 65.2 Å². The van der Waals surface area contributed by atoms with Gasteiger partial charge in [0.1, 0.15) is 5.75 Å². The van der Waals surface area contributed by atoms with E-state index < -0.39 is 0 Å². The Morgan fingerprint density at radius 2 is 1.77 bits per heavy atom. The van der Waals surface area contributed by atoms with Gasteiger partial charge in [-0.15, -0.1) is 0 Å². The topological polar surface area (TPSA) is 85.7 Å². The molecule has 2 aromatic carbocycles. The first-order valence-electron chi connectivity index (χ1n) is 10.0. The van der Waals surface area contributed by atoms with Crippen LogP contribution < -0.4 is 10.1 Å². The third-order valence-electron chi connectivity index (χ3n) is 5.19. The van der Waals surface area contributed by atoms with E-state index in [0.29, 0.717) is 36.5 Å². The van der Waals surface area contributed by atoms with Gasteiger partial charge < -0.3 is 15.0 Å². The van der Waals surface area contributed by atoms with E-state index in [9.17, 15) is 9.59 Å². The zero-order chi connectivity index (χ0) is 21.3. The Hall–Kier alpha value is -3.37. The lowest BCUT2D eigenvalue weighted by Crippen LogP contribution is -2.48. The number of amides is 2. The molecular weight excluding hydrogens is 380 g/mol. The highest BCUT2D eigenvalue weighted by atomic mass is 16.5. The number of carbonyl (C=O) groups is 2. The normalized spacial score (nSPS) is 14.1. The Morgan fingerprint density at radius 3 is 2.43 bits per heavy atom. The van der Waals surface area contributed by atoms with E-state index >= 15 is 0 Å². The molecule has 156 valence electrons. The van der Waals surface area contributed by atoms with Crippen molar-refractivity contribution in [1.82, 2.24) is 15.1 Å². The average Bonchev–Trinajstić information content (AvgIpc) is 2.79. The summed E-state index contributed by atoms with van der Waals surface area (Å²) in [6.07, 6.45) is 0.274. The molecule has 1 N–H and O–H groups in total. The predicted molar refractivity (Wildman–Crippen MR) is 113 cm³/mol. The molecule has 0 atom stereocenters. The summed E-state index contributed by atoms with van der Waals surface area (Å²) in [5.41, 5.74) is 2.28. The van der Waals surface area contributed by atoms with Crippen LogP contribution in [0.4, 0.5) is 0 Å². The minimum atomic E-state index is -0.243. The highest BCUT2D eigenvalue weighted by molar-refractivity contribution is 5.97. The molecule has 1 heterocycles. The molecule has 1 aliphatic rings. The number of rotatable bonds is 7. The Kier molecular flexibility index (Phi) is 7.41. The number of carbonyl (C=O) groups excluding carboxylic acids is 2. The molecule has 1 fully saturated rings. The van der Waals surface area contributed by atoms with Gasteiger partial charge in [0.15, 0.2) is 0 Å². The summed E-state index contributed by atoms with van der Waals surface area (Å²) < 4.78 is 5.20. The second-order valence-corrected chi connectivity index (χ2v) is 7.17. The highest BCUT2D eigenvalue weighted by Crippen LogP contribution is 2.17. The van der Waals surface area contributed by atoms with Gasteiger partial charge in [-0.25, -0.2) is 0 Å². The summed E-state index contributed by atoms with van der Waals surface area (Å²) >= 11 is 0. The number of para-hydroxylation sites is 1. The van der Waals surface area contributed by atoms with Crippen molar-refractivity contribution < 1.29 is 14.3 Å². The smallest absolute Gasteiger partial charge is 0.255 e. The van der Waals surface area contributed by atoms with Gasteiger partial charge in [-0.2, -0.15) is 5.26 Å². The molecule has 0 radical (unpaired) electrons. The third-order valence-corrected chi connectivity index (χ3v) is 5.19. The molecule has 30 heavy (non-hydrogen) atoms. The zero-order valence-electron chi connectivity index (χ0n) is 17.1. The predicted octanol–water partition coefficient (Wildman–Crippen LogP) is 2.03. The van der Waals surface area contributed by atoms with Crippen LogP contribution in [0.15, 0.2) is 48.5 Å². The van der Waals surface area contributed by atoms with Gasteiger partial charge >= 0.3 is 0 Å². The minimum Gasteiger partial charge on any atom is -0.496 e. The third kappa shape index (κ3) is 5.58. The second-order valence-electron chi connectivity index (χ2n) is 7.17. The van der Waals surface area contributed by atoms with Gasteiger partial charge in [-0.3, -0.25) is 14.5 Å². The molecule has 7 heteroatoms. The molecule has 3 rings (SSSR count). The van der Waals surface area contributed by atoms with Crippen LogP contribution in [0.25, 0.3) is 0 Å². The van der Waals surface area contributed by atoms with Crippen molar-refractivity contribution in [3.8, 4) is 11.8 Å². The molecule has 7 nitrogen and oxygen atoms in total. The molecule has 0 unspecified atom stereocenters. The van der Waals surface area contributed by atoms with Crippen LogP contribution in [-0.2, 0) is 11.3 Å². The van der Waals surface area contributed by atoms with Crippen LogP contribution in [0.3, 0.4) is 0 Å². The molecule has 0 saturated carbocycles. The highest BCUT2D eigenvalue weighted by Gasteiger charge is 2.21. The van der Waals surface area contributed by atoms with Gasteiger partial charge in [0.2, 0.25) is 5.91 Å². The molecular formula is C23H26N4O3. The van der Waals surface area contributed by atoms with E-state index in [0.717, 1.165) is 25.2 Å². The van der Waals surface area contributed by atoms with Gasteiger partial charge in [-0.1, -0.05) is 24.3 Å². The second kappa shape index (κ2) is 10.4. The lowest BCUT2D eigenvalue weighted by molar-refractivity contribution is -0.132. The van der Waals surface area contributed by atoms with E-state index in [2.05, 4.69) is 16.3 Å². The summed E-state index contributed by atoms with van der Waals surface area (Å²) in [5.74, 6) is 0.320. The fourth-order valence-corrected chi connectivity index (χ4v) is 3.47. The first kappa shape index (κ1) is 21.3. The monoisotopic (exact) mass is 406 g/mol. The maximum Gasteiger partial charge on any atom is 0.255 e. The standard InChI is InChI=1S/C23H26N4O3/c1-30-21-5-3-2-4-20(21)23(29)25-11-10-22(28)27-14-12-26(13-15-27)17-19-8-6-18(16-24)7-9-19/h2-9H,10-15,17H2,1H3,(H,25,29). The molecule has 2 amide bonds. The lowest BCUT2D eigenvalue weighted by Gasteiger charge is -2.34. The SMILES string of the molecule is COc1ccccc1C(=O)NCCC(=O)N1CCN(Cc2ccc(C#N)cc2)CC1. The van der Waals surface area contributed by atoms with Gasteiger partial charge in [-0.05, 0) is 29.8 Å². The number of hydrogen-bond donors (Lipinski definition) is 1. The number of benzene rings is 2. The lowest BCUT2D eigenvalue weighted by atomic mass is 10.1. The van der Waals surface area contributed by atoms with Crippen LogP contribution >= 0.6 is 0 Å². The molecule has 2 aromatic rings. The number of nitrogens with one attached hydrogen (secondary N) is 1. The Bertz CT molecular complexity index is 913. The first-order chi connectivity index (χ1) is 14.6. The molecule has 0 bridgehead atoms. The molecule has 1 saturated heterocycles. The molecule has 0 aliphatic carbocycles. The average molecular weight is 406 g/mol. The van der Waals surface area contributed by atoms with Crippen molar-refractivity contribution in [2.24, 2.45) is 0 Å². The van der Waals surface area contributed by atoms with E-state index in [1.807, 2.05) is 29.2 Å². The Balaban J connectivity index is 1.40. The van der Waals surface area contributed by atoms with Gasteiger partial charge in [0.05, 0.1) is 24.3 Å². The van der Waals surface area contributed by atoms with E-state index in [4.69, 9.17) is 10.00 Å².